The molecule has 0 aliphatic rings. The zero-order valence-electron chi connectivity index (χ0n) is 19.1. The number of nitrogen functional groups attached to an aromatic ring is 1. The number of ether oxygens (including phenoxy) is 2. The minimum Gasteiger partial charge on any atom is -0.507 e. The number of hydrogen-bond acceptors (Lipinski definition) is 7. The minimum atomic E-state index is -0.643. The maximum absolute atomic E-state index is 11.8. The van der Waals surface area contributed by atoms with E-state index in [4.69, 9.17) is 15.2 Å². The van der Waals surface area contributed by atoms with Crippen molar-refractivity contribution in [3.63, 3.8) is 0 Å². The highest BCUT2D eigenvalue weighted by Gasteiger charge is 2.12. The van der Waals surface area contributed by atoms with Crippen molar-refractivity contribution in [3.05, 3.63) is 83.9 Å². The zero-order valence-corrected chi connectivity index (χ0v) is 19.1. The molecule has 34 heavy (non-hydrogen) atoms. The number of phenols is 1. The molecule has 8 nitrogen and oxygen atoms in total. The first-order chi connectivity index (χ1) is 16.3. The second-order valence-electron chi connectivity index (χ2n) is 7.22. The molecule has 3 aromatic carbocycles. The number of amides is 1. The van der Waals surface area contributed by atoms with E-state index in [0.29, 0.717) is 29.3 Å². The molecule has 0 aliphatic carbocycles. The summed E-state index contributed by atoms with van der Waals surface area (Å²) in [6, 6.07) is 19.2. The summed E-state index contributed by atoms with van der Waals surface area (Å²) < 4.78 is 10.2. The van der Waals surface area contributed by atoms with Crippen LogP contribution in [0.5, 0.6) is 11.5 Å². The standard InChI is InChI=1S/C15H13NO4.C11H15NO2/c1-10(17)16-11-6-8-12(9-7-11)20-15(19)13-4-2-3-5-14(13)18;1-2-3-8-14-11(13)9-4-6-10(12)7-5-9/h2-9,18H,1H3,(H,16,17);4-7H,2-3,8,12H2,1H3. The first kappa shape index (κ1) is 25.9. The summed E-state index contributed by atoms with van der Waals surface area (Å²) in [6.45, 7) is 3.95. The van der Waals surface area contributed by atoms with Crippen LogP contribution in [0, 0.1) is 0 Å². The van der Waals surface area contributed by atoms with Gasteiger partial charge < -0.3 is 25.6 Å². The average molecular weight is 465 g/mol. The lowest BCUT2D eigenvalue weighted by molar-refractivity contribution is -0.114. The summed E-state index contributed by atoms with van der Waals surface area (Å²) >= 11 is 0. The van der Waals surface area contributed by atoms with Gasteiger partial charge in [-0.15, -0.1) is 0 Å². The molecular weight excluding hydrogens is 436 g/mol. The van der Waals surface area contributed by atoms with Gasteiger partial charge in [0, 0.05) is 18.3 Å². The number of nitrogens with one attached hydrogen (secondary N) is 1. The number of carbonyl (C=O) groups excluding carboxylic acids is 3. The van der Waals surface area contributed by atoms with Crippen LogP contribution in [0.15, 0.2) is 72.8 Å². The summed E-state index contributed by atoms with van der Waals surface area (Å²) in [5, 5.41) is 12.2. The first-order valence-electron chi connectivity index (χ1n) is 10.7. The number of hydrogen-bond donors (Lipinski definition) is 3. The SMILES string of the molecule is CC(=O)Nc1ccc(OC(=O)c2ccccc2O)cc1.CCCCOC(=O)c1ccc(N)cc1. The summed E-state index contributed by atoms with van der Waals surface area (Å²) in [4.78, 5) is 34.1. The lowest BCUT2D eigenvalue weighted by Gasteiger charge is -2.07. The van der Waals surface area contributed by atoms with E-state index < -0.39 is 5.97 Å². The monoisotopic (exact) mass is 464 g/mol. The Morgan fingerprint density at radius 2 is 1.56 bits per heavy atom. The van der Waals surface area contributed by atoms with E-state index in [9.17, 15) is 19.5 Å². The molecular formula is C26H28N2O6. The first-order valence-corrected chi connectivity index (χ1v) is 10.7. The van der Waals surface area contributed by atoms with Gasteiger partial charge in [0.1, 0.15) is 17.1 Å². The van der Waals surface area contributed by atoms with E-state index in [1.165, 1.54) is 19.1 Å². The van der Waals surface area contributed by atoms with Crippen molar-refractivity contribution in [2.75, 3.05) is 17.7 Å². The second kappa shape index (κ2) is 13.3. The molecule has 3 rings (SSSR count). The van der Waals surface area contributed by atoms with Gasteiger partial charge in [0.25, 0.3) is 0 Å². The van der Waals surface area contributed by atoms with Crippen LogP contribution in [-0.4, -0.2) is 29.6 Å². The van der Waals surface area contributed by atoms with Crippen molar-refractivity contribution in [3.8, 4) is 11.5 Å². The largest absolute Gasteiger partial charge is 0.507 e. The quantitative estimate of drug-likeness (QED) is 0.198. The molecule has 3 aromatic rings. The fourth-order valence-corrected chi connectivity index (χ4v) is 2.63. The lowest BCUT2D eigenvalue weighted by Crippen LogP contribution is -2.09. The molecule has 0 saturated heterocycles. The van der Waals surface area contributed by atoms with E-state index in [2.05, 4.69) is 12.2 Å². The molecule has 0 saturated carbocycles. The van der Waals surface area contributed by atoms with Gasteiger partial charge in [-0.1, -0.05) is 25.5 Å². The molecule has 0 radical (unpaired) electrons. The highest BCUT2D eigenvalue weighted by Crippen LogP contribution is 2.20. The number of rotatable bonds is 7. The molecule has 0 atom stereocenters. The normalized spacial score (nSPS) is 9.82. The molecule has 1 amide bonds. The number of carbonyl (C=O) groups is 3. The van der Waals surface area contributed by atoms with Crippen LogP contribution in [0.2, 0.25) is 0 Å². The van der Waals surface area contributed by atoms with Gasteiger partial charge in [-0.25, -0.2) is 9.59 Å². The number of benzene rings is 3. The molecule has 0 heterocycles. The molecule has 8 heteroatoms. The van der Waals surface area contributed by atoms with Crippen molar-refractivity contribution < 1.29 is 29.0 Å². The summed E-state index contributed by atoms with van der Waals surface area (Å²) in [7, 11) is 0. The number of aromatic hydroxyl groups is 1. The van der Waals surface area contributed by atoms with Crippen molar-refractivity contribution in [1.82, 2.24) is 0 Å². The predicted molar refractivity (Wildman–Crippen MR) is 130 cm³/mol. The average Bonchev–Trinajstić information content (AvgIpc) is 2.81. The molecule has 4 N–H and O–H groups in total. The molecule has 0 fully saturated rings. The van der Waals surface area contributed by atoms with Crippen LogP contribution >= 0.6 is 0 Å². The Kier molecular flexibility index (Phi) is 10.1. The van der Waals surface area contributed by atoms with Crippen molar-refractivity contribution in [2.45, 2.75) is 26.7 Å². The third kappa shape index (κ3) is 8.66. The Morgan fingerprint density at radius 3 is 2.15 bits per heavy atom. The molecule has 0 unspecified atom stereocenters. The molecule has 178 valence electrons. The van der Waals surface area contributed by atoms with Crippen molar-refractivity contribution in [1.29, 1.82) is 0 Å². The Hall–Kier alpha value is -4.33. The summed E-state index contributed by atoms with van der Waals surface area (Å²) in [6.07, 6.45) is 1.93. The Morgan fingerprint density at radius 1 is 0.912 bits per heavy atom. The Labute approximate surface area is 198 Å². The highest BCUT2D eigenvalue weighted by atomic mass is 16.5. The zero-order chi connectivity index (χ0) is 24.9. The maximum atomic E-state index is 11.8. The molecule has 0 bridgehead atoms. The van der Waals surface area contributed by atoms with Gasteiger partial charge in [0.05, 0.1) is 12.2 Å². The van der Waals surface area contributed by atoms with Gasteiger partial charge in [-0.05, 0) is 67.1 Å². The topological polar surface area (TPSA) is 128 Å². The number of anilines is 2. The van der Waals surface area contributed by atoms with E-state index in [0.717, 1.165) is 12.8 Å². The van der Waals surface area contributed by atoms with Crippen LogP contribution in [0.3, 0.4) is 0 Å². The van der Waals surface area contributed by atoms with Crippen LogP contribution in [0.25, 0.3) is 0 Å². The van der Waals surface area contributed by atoms with Crippen LogP contribution in [-0.2, 0) is 9.53 Å². The van der Waals surface area contributed by atoms with Crippen LogP contribution in [0.4, 0.5) is 11.4 Å². The number of phenolic OH excluding ortho intramolecular Hbond substituents is 1. The minimum absolute atomic E-state index is 0.0958. The third-order valence-corrected chi connectivity index (χ3v) is 4.39. The van der Waals surface area contributed by atoms with E-state index in [1.807, 2.05) is 0 Å². The maximum Gasteiger partial charge on any atom is 0.347 e. The smallest absolute Gasteiger partial charge is 0.347 e. The molecule has 0 aromatic heterocycles. The fraction of sp³-hybridized carbons (Fsp3) is 0.192. The third-order valence-electron chi connectivity index (χ3n) is 4.39. The Bertz CT molecular complexity index is 1100. The highest BCUT2D eigenvalue weighted by molar-refractivity contribution is 5.94. The van der Waals surface area contributed by atoms with Crippen molar-refractivity contribution in [2.24, 2.45) is 0 Å². The van der Waals surface area contributed by atoms with Gasteiger partial charge >= 0.3 is 11.9 Å². The van der Waals surface area contributed by atoms with Gasteiger partial charge in [0.15, 0.2) is 0 Å². The van der Waals surface area contributed by atoms with Crippen LogP contribution < -0.4 is 15.8 Å². The van der Waals surface area contributed by atoms with Gasteiger partial charge in [-0.3, -0.25) is 4.79 Å². The number of para-hydroxylation sites is 1. The van der Waals surface area contributed by atoms with Crippen molar-refractivity contribution >= 4 is 29.2 Å². The summed E-state index contributed by atoms with van der Waals surface area (Å²) in [5.41, 5.74) is 7.40. The number of nitrogens with two attached hydrogens (primary N) is 1. The predicted octanol–water partition coefficient (Wildman–Crippen LogP) is 4.80. The molecule has 0 aliphatic heterocycles. The number of esters is 2. The molecule has 0 spiro atoms. The Balaban J connectivity index is 0.000000257. The van der Waals surface area contributed by atoms with E-state index in [-0.39, 0.29) is 23.2 Å². The summed E-state index contributed by atoms with van der Waals surface area (Å²) in [5.74, 6) is -0.905. The van der Waals surface area contributed by atoms with E-state index in [1.54, 1.807) is 60.7 Å². The van der Waals surface area contributed by atoms with Crippen LogP contribution in [0.1, 0.15) is 47.4 Å². The second-order valence-corrected chi connectivity index (χ2v) is 7.22. The fourth-order valence-electron chi connectivity index (χ4n) is 2.63. The van der Waals surface area contributed by atoms with Gasteiger partial charge in [-0.2, -0.15) is 0 Å². The number of unbranched alkanes of at least 4 members (excludes halogenated alkanes) is 1. The van der Waals surface area contributed by atoms with E-state index >= 15 is 0 Å². The lowest BCUT2D eigenvalue weighted by atomic mass is 10.2. The van der Waals surface area contributed by atoms with Gasteiger partial charge in [0.2, 0.25) is 5.91 Å².